The summed E-state index contributed by atoms with van der Waals surface area (Å²) in [5.41, 5.74) is 1.59. The van der Waals surface area contributed by atoms with Gasteiger partial charge in [0.1, 0.15) is 0 Å². The Balaban J connectivity index is 1.77. The van der Waals surface area contributed by atoms with Gasteiger partial charge in [-0.05, 0) is 36.2 Å². The maximum atomic E-state index is 2.31. The van der Waals surface area contributed by atoms with Crippen LogP contribution in [0, 0.1) is 11.8 Å². The maximum absolute atomic E-state index is 2.31. The van der Waals surface area contributed by atoms with Crippen molar-refractivity contribution < 1.29 is 0 Å². The van der Waals surface area contributed by atoms with Crippen molar-refractivity contribution in [3.8, 4) is 0 Å². The van der Waals surface area contributed by atoms with Gasteiger partial charge in [0.15, 0.2) is 0 Å². The molecule has 0 N–H and O–H groups in total. The smallest absolute Gasteiger partial charge is 0.0156 e. The van der Waals surface area contributed by atoms with Crippen molar-refractivity contribution in [2.24, 2.45) is 11.8 Å². The van der Waals surface area contributed by atoms with E-state index in [1.807, 2.05) is 0 Å². The summed E-state index contributed by atoms with van der Waals surface area (Å²) in [5, 5.41) is 0. The Morgan fingerprint density at radius 1 is 0.857 bits per heavy atom. The summed E-state index contributed by atoms with van der Waals surface area (Å²) in [4.78, 5) is 0. The normalized spacial score (nSPS) is 35.9. The van der Waals surface area contributed by atoms with Crippen LogP contribution >= 0.6 is 0 Å². The first-order valence-corrected chi connectivity index (χ1v) is 5.98. The van der Waals surface area contributed by atoms with Crippen molar-refractivity contribution in [2.75, 3.05) is 0 Å². The molecule has 0 radical (unpaired) electrons. The van der Waals surface area contributed by atoms with E-state index in [4.69, 9.17) is 0 Å². The van der Waals surface area contributed by atoms with Crippen molar-refractivity contribution in [3.05, 3.63) is 35.9 Å². The monoisotopic (exact) mass is 186 g/mol. The minimum absolute atomic E-state index is 0.881. The average Bonchev–Trinajstić information content (AvgIpc) is 2.78. The van der Waals surface area contributed by atoms with Gasteiger partial charge >= 0.3 is 0 Å². The van der Waals surface area contributed by atoms with Crippen LogP contribution in [0.2, 0.25) is 0 Å². The minimum atomic E-state index is 0.881. The van der Waals surface area contributed by atoms with E-state index in [2.05, 4.69) is 30.3 Å². The zero-order chi connectivity index (χ0) is 9.38. The lowest BCUT2D eigenvalue weighted by Crippen LogP contribution is -1.95. The van der Waals surface area contributed by atoms with Gasteiger partial charge in [-0.25, -0.2) is 0 Å². The van der Waals surface area contributed by atoms with Crippen molar-refractivity contribution in [1.82, 2.24) is 0 Å². The molecule has 2 fully saturated rings. The first-order valence-electron chi connectivity index (χ1n) is 5.98. The molecule has 2 aliphatic rings. The zero-order valence-corrected chi connectivity index (χ0v) is 8.65. The van der Waals surface area contributed by atoms with Crippen molar-refractivity contribution in [2.45, 2.75) is 38.0 Å². The summed E-state index contributed by atoms with van der Waals surface area (Å²) in [6, 6.07) is 11.1. The molecule has 2 saturated carbocycles. The predicted octanol–water partition coefficient (Wildman–Crippen LogP) is 3.98. The number of fused-ring (bicyclic) bond motifs is 1. The van der Waals surface area contributed by atoms with Crippen LogP contribution in [0.5, 0.6) is 0 Å². The number of hydrogen-bond acceptors (Lipinski definition) is 0. The average molecular weight is 186 g/mol. The summed E-state index contributed by atoms with van der Waals surface area (Å²) in [5.74, 6) is 3.02. The fraction of sp³-hybridized carbons (Fsp3) is 0.571. The van der Waals surface area contributed by atoms with Crippen LogP contribution in [0.1, 0.15) is 43.6 Å². The third-order valence-corrected chi connectivity index (χ3v) is 4.26. The molecule has 0 saturated heterocycles. The van der Waals surface area contributed by atoms with E-state index in [0.29, 0.717) is 0 Å². The van der Waals surface area contributed by atoms with E-state index in [1.165, 1.54) is 32.1 Å². The van der Waals surface area contributed by atoms with Gasteiger partial charge in [0.25, 0.3) is 0 Å². The Labute approximate surface area is 86.3 Å². The summed E-state index contributed by atoms with van der Waals surface area (Å²) < 4.78 is 0. The Kier molecular flexibility index (Phi) is 2.08. The van der Waals surface area contributed by atoms with Gasteiger partial charge in [0, 0.05) is 0 Å². The second-order valence-corrected chi connectivity index (χ2v) is 5.03. The van der Waals surface area contributed by atoms with Crippen LogP contribution < -0.4 is 0 Å². The highest BCUT2D eigenvalue weighted by Crippen LogP contribution is 2.50. The second kappa shape index (κ2) is 3.42. The SMILES string of the molecule is c1ccc(C2C[C@H]3CCC[C@H]3C2)cc1. The molecule has 0 aliphatic heterocycles. The number of rotatable bonds is 1. The molecule has 1 aromatic rings. The lowest BCUT2D eigenvalue weighted by molar-refractivity contribution is 0.457. The van der Waals surface area contributed by atoms with Crippen LogP contribution in [0.4, 0.5) is 0 Å². The molecule has 1 unspecified atom stereocenters. The maximum Gasteiger partial charge on any atom is -0.0156 e. The van der Waals surface area contributed by atoms with E-state index in [1.54, 1.807) is 5.56 Å². The molecule has 0 heterocycles. The van der Waals surface area contributed by atoms with Gasteiger partial charge in [0.2, 0.25) is 0 Å². The topological polar surface area (TPSA) is 0 Å². The lowest BCUT2D eigenvalue weighted by Gasteiger charge is -2.10. The molecule has 3 rings (SSSR count). The Bertz CT molecular complexity index is 289. The fourth-order valence-electron chi connectivity index (χ4n) is 3.56. The van der Waals surface area contributed by atoms with Crippen LogP contribution in [-0.4, -0.2) is 0 Å². The van der Waals surface area contributed by atoms with E-state index < -0.39 is 0 Å². The Hall–Kier alpha value is -0.780. The van der Waals surface area contributed by atoms with Crippen LogP contribution in [0.15, 0.2) is 30.3 Å². The lowest BCUT2D eigenvalue weighted by atomic mass is 9.95. The molecule has 14 heavy (non-hydrogen) atoms. The van der Waals surface area contributed by atoms with Gasteiger partial charge < -0.3 is 0 Å². The summed E-state index contributed by atoms with van der Waals surface area (Å²) in [6.07, 6.45) is 7.45. The van der Waals surface area contributed by atoms with Crippen molar-refractivity contribution in [1.29, 1.82) is 0 Å². The highest BCUT2D eigenvalue weighted by molar-refractivity contribution is 5.21. The van der Waals surface area contributed by atoms with Gasteiger partial charge in [-0.1, -0.05) is 49.6 Å². The molecule has 0 amide bonds. The van der Waals surface area contributed by atoms with Crippen molar-refractivity contribution >= 4 is 0 Å². The summed E-state index contributed by atoms with van der Waals surface area (Å²) >= 11 is 0. The van der Waals surface area contributed by atoms with Gasteiger partial charge in [0.05, 0.1) is 0 Å². The highest BCUT2D eigenvalue weighted by atomic mass is 14.4. The predicted molar refractivity (Wildman–Crippen MR) is 59.2 cm³/mol. The summed E-state index contributed by atoms with van der Waals surface area (Å²) in [7, 11) is 0. The first-order chi connectivity index (χ1) is 6.93. The molecule has 74 valence electrons. The second-order valence-electron chi connectivity index (χ2n) is 5.03. The quantitative estimate of drug-likeness (QED) is 0.622. The molecule has 0 heteroatoms. The molecule has 3 atom stereocenters. The van der Waals surface area contributed by atoms with E-state index in [0.717, 1.165) is 17.8 Å². The summed E-state index contributed by atoms with van der Waals surface area (Å²) in [6.45, 7) is 0. The molecular weight excluding hydrogens is 168 g/mol. The van der Waals surface area contributed by atoms with E-state index in [-0.39, 0.29) is 0 Å². The molecular formula is C14H18. The van der Waals surface area contributed by atoms with E-state index in [9.17, 15) is 0 Å². The molecule has 0 aromatic heterocycles. The van der Waals surface area contributed by atoms with E-state index >= 15 is 0 Å². The van der Waals surface area contributed by atoms with Crippen LogP contribution in [0.3, 0.4) is 0 Å². The Morgan fingerprint density at radius 3 is 2.14 bits per heavy atom. The highest BCUT2D eigenvalue weighted by Gasteiger charge is 2.37. The molecule has 0 bridgehead atoms. The zero-order valence-electron chi connectivity index (χ0n) is 8.65. The van der Waals surface area contributed by atoms with Gasteiger partial charge in [-0.3, -0.25) is 0 Å². The number of benzene rings is 1. The van der Waals surface area contributed by atoms with Crippen molar-refractivity contribution in [3.63, 3.8) is 0 Å². The molecule has 2 aliphatic carbocycles. The third-order valence-electron chi connectivity index (χ3n) is 4.26. The molecule has 1 aromatic carbocycles. The largest absolute Gasteiger partial charge is 0.0622 e. The van der Waals surface area contributed by atoms with Gasteiger partial charge in [-0.2, -0.15) is 0 Å². The minimum Gasteiger partial charge on any atom is -0.0622 e. The molecule has 0 spiro atoms. The van der Waals surface area contributed by atoms with Gasteiger partial charge in [-0.15, -0.1) is 0 Å². The third kappa shape index (κ3) is 1.37. The number of hydrogen-bond donors (Lipinski definition) is 0. The fourth-order valence-corrected chi connectivity index (χ4v) is 3.56. The molecule has 0 nitrogen and oxygen atoms in total. The first kappa shape index (κ1) is 8.52. The van der Waals surface area contributed by atoms with Crippen LogP contribution in [0.25, 0.3) is 0 Å². The Morgan fingerprint density at radius 2 is 1.50 bits per heavy atom. The van der Waals surface area contributed by atoms with Crippen LogP contribution in [-0.2, 0) is 0 Å². The standard InChI is InChI=1S/C14H18/c1-2-5-11(6-3-1)14-9-12-7-4-8-13(12)10-14/h1-3,5-6,12-14H,4,7-10H2/t12-,13+,14?.